The number of hydrogen-bond acceptors (Lipinski definition) is 4. The number of amides is 2. The van der Waals surface area contributed by atoms with Crippen LogP contribution in [0.25, 0.3) is 0 Å². The lowest BCUT2D eigenvalue weighted by atomic mass is 10.1. The number of hydrogen-bond donors (Lipinski definition) is 2. The van der Waals surface area contributed by atoms with Crippen LogP contribution in [0.15, 0.2) is 5.38 Å². The van der Waals surface area contributed by atoms with Gasteiger partial charge in [0.2, 0.25) is 0 Å². The number of aliphatic carboxylic acids is 1. The van der Waals surface area contributed by atoms with E-state index in [-0.39, 0.29) is 19.0 Å². The number of nitrogens with zero attached hydrogens (tertiary/aromatic N) is 2. The van der Waals surface area contributed by atoms with Gasteiger partial charge in [-0.2, -0.15) is 0 Å². The summed E-state index contributed by atoms with van der Waals surface area (Å²) < 4.78 is 0. The first kappa shape index (κ1) is 17.4. The van der Waals surface area contributed by atoms with Crippen molar-refractivity contribution in [2.24, 2.45) is 0 Å². The highest BCUT2D eigenvalue weighted by atomic mass is 32.1. The van der Waals surface area contributed by atoms with Gasteiger partial charge in [-0.25, -0.2) is 9.78 Å². The van der Waals surface area contributed by atoms with Crippen molar-refractivity contribution >= 4 is 23.3 Å². The number of aromatic nitrogens is 1. The molecule has 0 aliphatic heterocycles. The minimum atomic E-state index is -0.907. The van der Waals surface area contributed by atoms with Gasteiger partial charge >= 0.3 is 12.0 Å². The first-order valence-electron chi connectivity index (χ1n) is 6.88. The van der Waals surface area contributed by atoms with E-state index in [1.165, 1.54) is 0 Å². The molecule has 21 heavy (non-hydrogen) atoms. The lowest BCUT2D eigenvalue weighted by Crippen LogP contribution is -2.51. The maximum absolute atomic E-state index is 12.2. The third-order valence-corrected chi connectivity index (χ3v) is 3.75. The lowest BCUT2D eigenvalue weighted by molar-refractivity contribution is -0.137. The van der Waals surface area contributed by atoms with Gasteiger partial charge in [0.25, 0.3) is 0 Å². The van der Waals surface area contributed by atoms with Crippen LogP contribution < -0.4 is 5.32 Å². The topological polar surface area (TPSA) is 82.5 Å². The Morgan fingerprint density at radius 2 is 2.10 bits per heavy atom. The maximum Gasteiger partial charge on any atom is 0.317 e. The van der Waals surface area contributed by atoms with Gasteiger partial charge in [-0.15, -0.1) is 11.3 Å². The maximum atomic E-state index is 12.2. The van der Waals surface area contributed by atoms with Crippen LogP contribution in [0.4, 0.5) is 4.79 Å². The van der Waals surface area contributed by atoms with Crippen molar-refractivity contribution in [2.75, 3.05) is 13.1 Å². The minimum absolute atomic E-state index is 0.0596. The Labute approximate surface area is 129 Å². The Hall–Kier alpha value is -1.63. The molecule has 1 aromatic heterocycles. The predicted octanol–water partition coefficient (Wildman–Crippen LogP) is 2.28. The molecule has 0 aliphatic carbocycles. The molecule has 1 aromatic rings. The first-order valence-corrected chi connectivity index (χ1v) is 7.76. The largest absolute Gasteiger partial charge is 0.481 e. The highest BCUT2D eigenvalue weighted by Crippen LogP contribution is 2.14. The van der Waals surface area contributed by atoms with Crippen LogP contribution in [0.5, 0.6) is 0 Å². The van der Waals surface area contributed by atoms with Gasteiger partial charge in [0.15, 0.2) is 0 Å². The second-order valence-corrected chi connectivity index (χ2v) is 6.87. The van der Waals surface area contributed by atoms with Crippen molar-refractivity contribution in [3.05, 3.63) is 16.1 Å². The fraction of sp³-hybridized carbons (Fsp3) is 0.643. The van der Waals surface area contributed by atoms with E-state index in [9.17, 15) is 9.59 Å². The van der Waals surface area contributed by atoms with Crippen LogP contribution in [0.2, 0.25) is 0 Å². The predicted molar refractivity (Wildman–Crippen MR) is 82.7 cm³/mol. The molecule has 0 spiro atoms. The summed E-state index contributed by atoms with van der Waals surface area (Å²) in [5.74, 6) is -0.907. The third-order valence-electron chi connectivity index (χ3n) is 2.93. The Balaban J connectivity index is 2.50. The van der Waals surface area contributed by atoms with Crippen molar-refractivity contribution in [1.29, 1.82) is 0 Å². The number of carbonyl (C=O) groups is 2. The molecular weight excluding hydrogens is 290 g/mol. The third kappa shape index (κ3) is 6.12. The summed E-state index contributed by atoms with van der Waals surface area (Å²) in [4.78, 5) is 28.8. The monoisotopic (exact) mass is 313 g/mol. The Bertz CT molecular complexity index is 494. The molecule has 0 saturated heterocycles. The fourth-order valence-corrected chi connectivity index (χ4v) is 2.51. The van der Waals surface area contributed by atoms with Crippen LogP contribution in [0.3, 0.4) is 0 Å². The minimum Gasteiger partial charge on any atom is -0.481 e. The van der Waals surface area contributed by atoms with Crippen LogP contribution >= 0.6 is 11.3 Å². The summed E-state index contributed by atoms with van der Waals surface area (Å²) in [7, 11) is 0. The summed E-state index contributed by atoms with van der Waals surface area (Å²) in [6, 6.07) is -0.240. The van der Waals surface area contributed by atoms with E-state index in [4.69, 9.17) is 5.11 Å². The number of urea groups is 1. The molecule has 0 radical (unpaired) electrons. The zero-order valence-corrected chi connectivity index (χ0v) is 13.8. The number of carboxylic acids is 1. The molecule has 0 aliphatic rings. The normalized spacial score (nSPS) is 11.2. The van der Waals surface area contributed by atoms with Crippen molar-refractivity contribution in [1.82, 2.24) is 15.2 Å². The smallest absolute Gasteiger partial charge is 0.317 e. The van der Waals surface area contributed by atoms with Crippen molar-refractivity contribution in [3.8, 4) is 0 Å². The van der Waals surface area contributed by atoms with Crippen LogP contribution in [-0.2, 0) is 11.2 Å². The Kier molecular flexibility index (Phi) is 6.14. The van der Waals surface area contributed by atoms with E-state index in [0.717, 1.165) is 10.7 Å². The molecule has 0 aromatic carbocycles. The standard InChI is InChI=1S/C14H23N3O3S/c1-10-16-11(9-21-10)5-7-15-13(20)17(14(2,3)4)8-6-12(18)19/h9H,5-8H2,1-4H3,(H,15,20)(H,18,19). The number of nitrogens with one attached hydrogen (secondary N) is 1. The lowest BCUT2D eigenvalue weighted by Gasteiger charge is -2.35. The van der Waals surface area contributed by atoms with Crippen LogP contribution in [0.1, 0.15) is 37.9 Å². The van der Waals surface area contributed by atoms with E-state index < -0.39 is 11.5 Å². The molecule has 0 bridgehead atoms. The second kappa shape index (κ2) is 7.40. The number of carbonyl (C=O) groups excluding carboxylic acids is 1. The average molecular weight is 313 g/mol. The molecule has 0 fully saturated rings. The van der Waals surface area contributed by atoms with Gasteiger partial charge in [0, 0.05) is 30.4 Å². The summed E-state index contributed by atoms with van der Waals surface area (Å²) in [6.45, 7) is 8.29. The first-order chi connectivity index (χ1) is 9.70. The van der Waals surface area contributed by atoms with Crippen LogP contribution in [-0.4, -0.2) is 45.6 Å². The highest BCUT2D eigenvalue weighted by Gasteiger charge is 2.26. The van der Waals surface area contributed by atoms with E-state index in [1.807, 2.05) is 33.1 Å². The Morgan fingerprint density at radius 1 is 1.43 bits per heavy atom. The number of carboxylic acid groups (broad SMARTS) is 1. The van der Waals surface area contributed by atoms with Gasteiger partial charge < -0.3 is 15.3 Å². The molecule has 1 rings (SSSR count). The molecule has 0 atom stereocenters. The quantitative estimate of drug-likeness (QED) is 0.844. The second-order valence-electron chi connectivity index (χ2n) is 5.81. The van der Waals surface area contributed by atoms with E-state index in [1.54, 1.807) is 16.2 Å². The van der Waals surface area contributed by atoms with Crippen molar-refractivity contribution in [3.63, 3.8) is 0 Å². The van der Waals surface area contributed by atoms with Gasteiger partial charge in [-0.3, -0.25) is 4.79 Å². The van der Waals surface area contributed by atoms with E-state index in [0.29, 0.717) is 13.0 Å². The van der Waals surface area contributed by atoms with Crippen molar-refractivity contribution < 1.29 is 14.7 Å². The summed E-state index contributed by atoms with van der Waals surface area (Å²) in [6.07, 6.45) is 0.614. The Morgan fingerprint density at radius 3 is 2.57 bits per heavy atom. The molecule has 0 unspecified atom stereocenters. The molecule has 1 heterocycles. The molecule has 118 valence electrons. The van der Waals surface area contributed by atoms with Gasteiger partial charge in [0.1, 0.15) is 0 Å². The zero-order chi connectivity index (χ0) is 16.0. The molecule has 2 N–H and O–H groups in total. The number of rotatable bonds is 6. The highest BCUT2D eigenvalue weighted by molar-refractivity contribution is 7.09. The SMILES string of the molecule is Cc1nc(CCNC(=O)N(CCC(=O)O)C(C)(C)C)cs1. The fourth-order valence-electron chi connectivity index (χ4n) is 1.87. The summed E-state index contributed by atoms with van der Waals surface area (Å²) in [5, 5.41) is 14.6. The van der Waals surface area contributed by atoms with Crippen molar-refractivity contribution in [2.45, 2.75) is 46.1 Å². The van der Waals surface area contributed by atoms with E-state index in [2.05, 4.69) is 10.3 Å². The summed E-state index contributed by atoms with van der Waals surface area (Å²) >= 11 is 1.59. The molecule has 7 heteroatoms. The van der Waals surface area contributed by atoms with Gasteiger partial charge in [-0.1, -0.05) is 0 Å². The molecule has 6 nitrogen and oxygen atoms in total. The van der Waals surface area contributed by atoms with Crippen LogP contribution in [0, 0.1) is 6.92 Å². The number of aryl methyl sites for hydroxylation is 1. The van der Waals surface area contributed by atoms with Gasteiger partial charge in [0.05, 0.1) is 17.1 Å². The zero-order valence-electron chi connectivity index (χ0n) is 13.0. The number of thiazole rings is 1. The molecule has 0 saturated carbocycles. The van der Waals surface area contributed by atoms with E-state index >= 15 is 0 Å². The molecular formula is C14H23N3O3S. The van der Waals surface area contributed by atoms with Gasteiger partial charge in [-0.05, 0) is 27.7 Å². The molecule has 2 amide bonds. The summed E-state index contributed by atoms with van der Waals surface area (Å²) in [5.41, 5.74) is 0.544. The average Bonchev–Trinajstić information content (AvgIpc) is 2.73.